The summed E-state index contributed by atoms with van der Waals surface area (Å²) in [5, 5.41) is 11.5. The number of nitro groups is 1. The highest BCUT2D eigenvalue weighted by Crippen LogP contribution is 2.35. The van der Waals surface area contributed by atoms with Gasteiger partial charge in [0.1, 0.15) is 0 Å². The first kappa shape index (κ1) is 13.3. The molecule has 0 radical (unpaired) electrons. The van der Waals surface area contributed by atoms with Crippen LogP contribution in [0, 0.1) is 10.1 Å². The molecule has 0 aliphatic carbocycles. The Kier molecular flexibility index (Phi) is 3.58. The van der Waals surface area contributed by atoms with Gasteiger partial charge in [-0.25, -0.2) is 0 Å². The highest BCUT2D eigenvalue weighted by molar-refractivity contribution is 8.15. The van der Waals surface area contributed by atoms with Crippen molar-refractivity contribution in [3.8, 4) is 0 Å². The van der Waals surface area contributed by atoms with Crippen molar-refractivity contribution in [2.24, 2.45) is 0 Å². The van der Waals surface area contributed by atoms with Crippen molar-refractivity contribution in [1.82, 2.24) is 4.90 Å². The minimum absolute atomic E-state index is 0.137. The van der Waals surface area contributed by atoms with E-state index in [-0.39, 0.29) is 15.7 Å². The lowest BCUT2D eigenvalue weighted by atomic mass is 10.0. The van der Waals surface area contributed by atoms with E-state index >= 15 is 0 Å². The van der Waals surface area contributed by atoms with Crippen LogP contribution in [-0.2, 0) is 11.3 Å². The van der Waals surface area contributed by atoms with Gasteiger partial charge in [0.25, 0.3) is 5.69 Å². The summed E-state index contributed by atoms with van der Waals surface area (Å²) >= 11 is 1.40. The van der Waals surface area contributed by atoms with Crippen LogP contribution in [0.1, 0.15) is 12.0 Å². The minimum atomic E-state index is -0.337. The molecule has 3 rings (SSSR count). The first-order valence-electron chi connectivity index (χ1n) is 6.49. The molecule has 2 aliphatic heterocycles. The second kappa shape index (κ2) is 5.38. The van der Waals surface area contributed by atoms with Crippen LogP contribution in [-0.4, -0.2) is 33.3 Å². The zero-order valence-corrected chi connectivity index (χ0v) is 11.6. The SMILES string of the molecule is O=C1C=C2CN(Cc3ccccc3[N+](=O)[O-])CCC2S1. The summed E-state index contributed by atoms with van der Waals surface area (Å²) in [6.07, 6.45) is 2.66. The molecule has 0 spiro atoms. The molecule has 1 fully saturated rings. The van der Waals surface area contributed by atoms with E-state index in [1.54, 1.807) is 18.2 Å². The Labute approximate surface area is 120 Å². The van der Waals surface area contributed by atoms with Crippen molar-refractivity contribution in [2.75, 3.05) is 13.1 Å². The molecule has 1 aromatic carbocycles. The fourth-order valence-electron chi connectivity index (χ4n) is 2.72. The highest BCUT2D eigenvalue weighted by Gasteiger charge is 2.31. The number of nitrogens with zero attached hydrogens (tertiary/aromatic N) is 2. The van der Waals surface area contributed by atoms with Gasteiger partial charge in [0, 0.05) is 36.5 Å². The Balaban J connectivity index is 1.74. The number of fused-ring (bicyclic) bond motifs is 1. The lowest BCUT2D eigenvalue weighted by Crippen LogP contribution is -2.35. The van der Waals surface area contributed by atoms with Gasteiger partial charge >= 0.3 is 0 Å². The summed E-state index contributed by atoms with van der Waals surface area (Å²) in [5.41, 5.74) is 2.05. The third-order valence-electron chi connectivity index (χ3n) is 3.67. The summed E-state index contributed by atoms with van der Waals surface area (Å²) in [5.74, 6) is 0. The zero-order chi connectivity index (χ0) is 14.1. The number of carbonyl (C=O) groups is 1. The van der Waals surface area contributed by atoms with E-state index in [2.05, 4.69) is 4.90 Å². The first-order valence-corrected chi connectivity index (χ1v) is 7.37. The summed E-state index contributed by atoms with van der Waals surface area (Å²) < 4.78 is 0. The predicted octanol–water partition coefficient (Wildman–Crippen LogP) is 2.37. The number of thioether (sulfide) groups is 1. The van der Waals surface area contributed by atoms with Crippen molar-refractivity contribution >= 4 is 22.6 Å². The van der Waals surface area contributed by atoms with E-state index in [1.165, 1.54) is 17.8 Å². The Morgan fingerprint density at radius 3 is 3.00 bits per heavy atom. The van der Waals surface area contributed by atoms with Crippen LogP contribution in [0.2, 0.25) is 0 Å². The fraction of sp³-hybridized carbons (Fsp3) is 0.357. The molecule has 20 heavy (non-hydrogen) atoms. The van der Waals surface area contributed by atoms with Gasteiger partial charge in [0.2, 0.25) is 5.12 Å². The molecule has 6 heteroatoms. The van der Waals surface area contributed by atoms with Crippen molar-refractivity contribution < 1.29 is 9.72 Å². The number of para-hydroxylation sites is 1. The van der Waals surface area contributed by atoms with E-state index < -0.39 is 0 Å². The highest BCUT2D eigenvalue weighted by atomic mass is 32.2. The molecular weight excluding hydrogens is 276 g/mol. The normalized spacial score (nSPS) is 22.5. The van der Waals surface area contributed by atoms with Crippen molar-refractivity contribution in [3.63, 3.8) is 0 Å². The minimum Gasteiger partial charge on any atom is -0.295 e. The quantitative estimate of drug-likeness (QED) is 0.631. The molecular formula is C14H14N2O3S. The number of hydrogen-bond donors (Lipinski definition) is 0. The third kappa shape index (κ3) is 2.62. The van der Waals surface area contributed by atoms with Gasteiger partial charge in [-0.3, -0.25) is 19.8 Å². The number of nitro benzene ring substituents is 1. The van der Waals surface area contributed by atoms with Gasteiger partial charge in [-0.1, -0.05) is 30.0 Å². The van der Waals surface area contributed by atoms with Crippen LogP contribution >= 0.6 is 11.8 Å². The lowest BCUT2D eigenvalue weighted by molar-refractivity contribution is -0.385. The Bertz CT molecular complexity index is 600. The van der Waals surface area contributed by atoms with Gasteiger partial charge in [0.05, 0.1) is 4.92 Å². The van der Waals surface area contributed by atoms with Crippen LogP contribution in [0.4, 0.5) is 5.69 Å². The molecule has 0 N–H and O–H groups in total. The molecule has 1 unspecified atom stereocenters. The van der Waals surface area contributed by atoms with Crippen molar-refractivity contribution in [2.45, 2.75) is 18.2 Å². The smallest absolute Gasteiger partial charge is 0.273 e. The maximum atomic E-state index is 11.4. The molecule has 104 valence electrons. The molecule has 2 heterocycles. The van der Waals surface area contributed by atoms with Crippen LogP contribution in [0.15, 0.2) is 35.9 Å². The van der Waals surface area contributed by atoms with E-state index in [4.69, 9.17) is 0 Å². The van der Waals surface area contributed by atoms with Gasteiger partial charge in [-0.05, 0) is 18.1 Å². The van der Waals surface area contributed by atoms with E-state index in [9.17, 15) is 14.9 Å². The molecule has 2 aliphatic rings. The number of carbonyl (C=O) groups excluding carboxylic acids is 1. The molecule has 5 nitrogen and oxygen atoms in total. The van der Waals surface area contributed by atoms with Crippen LogP contribution in [0.25, 0.3) is 0 Å². The van der Waals surface area contributed by atoms with Gasteiger partial charge in [-0.15, -0.1) is 0 Å². The summed E-state index contributed by atoms with van der Waals surface area (Å²) in [6.45, 7) is 2.16. The van der Waals surface area contributed by atoms with Gasteiger partial charge < -0.3 is 0 Å². The summed E-state index contributed by atoms with van der Waals surface area (Å²) in [4.78, 5) is 24.2. The maximum absolute atomic E-state index is 11.4. The standard InChI is InChI=1S/C14H14N2O3S/c17-14-7-11-9-15(6-5-13(11)20-14)8-10-3-1-2-4-12(10)16(18)19/h1-4,7,13H,5-6,8-9H2. The van der Waals surface area contributed by atoms with Crippen LogP contribution < -0.4 is 0 Å². The van der Waals surface area contributed by atoms with Gasteiger partial charge in [-0.2, -0.15) is 0 Å². The molecule has 1 atom stereocenters. The molecule has 0 amide bonds. The van der Waals surface area contributed by atoms with Crippen molar-refractivity contribution in [3.05, 3.63) is 51.6 Å². The zero-order valence-electron chi connectivity index (χ0n) is 10.8. The Morgan fingerprint density at radius 2 is 2.20 bits per heavy atom. The average molecular weight is 290 g/mol. The second-order valence-electron chi connectivity index (χ2n) is 5.03. The monoisotopic (exact) mass is 290 g/mol. The number of likely N-dealkylation sites (tertiary alicyclic amines) is 1. The van der Waals surface area contributed by atoms with Gasteiger partial charge in [0.15, 0.2) is 0 Å². The molecule has 0 bridgehead atoms. The Hall–Kier alpha value is -1.66. The van der Waals surface area contributed by atoms with Crippen molar-refractivity contribution in [1.29, 1.82) is 0 Å². The molecule has 0 aromatic heterocycles. The summed E-state index contributed by atoms with van der Waals surface area (Å²) in [6, 6.07) is 6.84. The largest absolute Gasteiger partial charge is 0.295 e. The third-order valence-corrected chi connectivity index (χ3v) is 4.84. The van der Waals surface area contributed by atoms with Crippen LogP contribution in [0.5, 0.6) is 0 Å². The number of hydrogen-bond acceptors (Lipinski definition) is 5. The molecule has 1 aromatic rings. The fourth-order valence-corrected chi connectivity index (χ4v) is 3.74. The first-order chi connectivity index (χ1) is 9.63. The lowest BCUT2D eigenvalue weighted by Gasteiger charge is -2.31. The molecule has 1 saturated heterocycles. The van der Waals surface area contributed by atoms with E-state index in [0.717, 1.165) is 30.6 Å². The topological polar surface area (TPSA) is 63.5 Å². The average Bonchev–Trinajstić information content (AvgIpc) is 2.78. The number of piperidine rings is 1. The molecule has 0 saturated carbocycles. The van der Waals surface area contributed by atoms with E-state index in [1.807, 2.05) is 6.07 Å². The summed E-state index contributed by atoms with van der Waals surface area (Å²) in [7, 11) is 0. The second-order valence-corrected chi connectivity index (χ2v) is 6.24. The van der Waals surface area contributed by atoms with Crippen LogP contribution in [0.3, 0.4) is 0 Å². The maximum Gasteiger partial charge on any atom is 0.273 e. The number of benzene rings is 1. The Morgan fingerprint density at radius 1 is 1.40 bits per heavy atom. The number of rotatable bonds is 3. The van der Waals surface area contributed by atoms with E-state index in [0.29, 0.717) is 11.8 Å². The predicted molar refractivity (Wildman–Crippen MR) is 77.5 cm³/mol.